The van der Waals surface area contributed by atoms with E-state index in [1.165, 1.54) is 0 Å². The highest BCUT2D eigenvalue weighted by Crippen LogP contribution is 2.25. The van der Waals surface area contributed by atoms with Crippen molar-refractivity contribution in [3.05, 3.63) is 11.8 Å². The van der Waals surface area contributed by atoms with Crippen molar-refractivity contribution < 1.29 is 23.1 Å². The van der Waals surface area contributed by atoms with Crippen molar-refractivity contribution in [2.75, 3.05) is 6.54 Å². The van der Waals surface area contributed by atoms with Gasteiger partial charge in [-0.05, 0) is 12.8 Å². The van der Waals surface area contributed by atoms with Gasteiger partial charge in [0.25, 0.3) is 10.0 Å². The van der Waals surface area contributed by atoms with Crippen molar-refractivity contribution >= 4 is 21.9 Å². The lowest BCUT2D eigenvalue weighted by atomic mass is 10.0. The molecule has 1 aromatic heterocycles. The van der Waals surface area contributed by atoms with Gasteiger partial charge in [-0.3, -0.25) is 9.89 Å². The van der Waals surface area contributed by atoms with Crippen LogP contribution in [0.25, 0.3) is 0 Å². The second-order valence-electron chi connectivity index (χ2n) is 4.45. The zero-order valence-corrected chi connectivity index (χ0v) is 11.3. The van der Waals surface area contributed by atoms with E-state index >= 15 is 0 Å². The molecule has 0 aromatic carbocycles. The molecule has 0 radical (unpaired) electrons. The molecule has 110 valence electrons. The molecule has 9 nitrogen and oxygen atoms in total. The minimum absolute atomic E-state index is 0.119. The van der Waals surface area contributed by atoms with Gasteiger partial charge in [0.05, 0.1) is 6.20 Å². The summed E-state index contributed by atoms with van der Waals surface area (Å²) < 4.78 is 25.9. The fourth-order valence-electron chi connectivity index (χ4n) is 2.22. The van der Waals surface area contributed by atoms with E-state index in [1.54, 1.807) is 0 Å². The number of carboxylic acid groups (broad SMARTS) is 1. The Morgan fingerprint density at radius 2 is 2.15 bits per heavy atom. The Balaban J connectivity index is 2.45. The summed E-state index contributed by atoms with van der Waals surface area (Å²) in [6.07, 6.45) is 2.51. The van der Waals surface area contributed by atoms with Crippen molar-refractivity contribution in [1.29, 1.82) is 0 Å². The Labute approximate surface area is 114 Å². The Bertz CT molecular complexity index is 638. The van der Waals surface area contributed by atoms with E-state index in [1.807, 2.05) is 0 Å². The summed E-state index contributed by atoms with van der Waals surface area (Å²) >= 11 is 0. The molecule has 1 aliphatic heterocycles. The molecule has 1 aromatic rings. The van der Waals surface area contributed by atoms with E-state index in [0.717, 1.165) is 10.5 Å². The van der Waals surface area contributed by atoms with E-state index < -0.39 is 38.5 Å². The second kappa shape index (κ2) is 5.21. The van der Waals surface area contributed by atoms with Gasteiger partial charge in [0, 0.05) is 6.54 Å². The van der Waals surface area contributed by atoms with Gasteiger partial charge in [0.2, 0.25) is 5.91 Å². The third-order valence-corrected chi connectivity index (χ3v) is 5.07. The minimum atomic E-state index is -4.15. The van der Waals surface area contributed by atoms with E-state index in [0.29, 0.717) is 19.3 Å². The summed E-state index contributed by atoms with van der Waals surface area (Å²) in [5.74, 6) is -2.16. The van der Waals surface area contributed by atoms with Gasteiger partial charge in [-0.2, -0.15) is 9.40 Å². The maximum absolute atomic E-state index is 12.5. The maximum Gasteiger partial charge on any atom is 0.340 e. The van der Waals surface area contributed by atoms with Crippen LogP contribution in [0.5, 0.6) is 0 Å². The van der Waals surface area contributed by atoms with Gasteiger partial charge in [-0.25, -0.2) is 13.2 Å². The van der Waals surface area contributed by atoms with Crippen molar-refractivity contribution in [2.45, 2.75) is 30.3 Å². The first-order valence-electron chi connectivity index (χ1n) is 5.93. The average molecular weight is 302 g/mol. The quantitative estimate of drug-likeness (QED) is 0.659. The number of rotatable bonds is 4. The van der Waals surface area contributed by atoms with Crippen LogP contribution in [0.4, 0.5) is 0 Å². The number of sulfonamides is 1. The normalized spacial score (nSPS) is 20.7. The number of carboxylic acids is 1. The molecule has 2 heterocycles. The zero-order valence-electron chi connectivity index (χ0n) is 10.4. The van der Waals surface area contributed by atoms with Crippen LogP contribution in [0.15, 0.2) is 11.2 Å². The molecular weight excluding hydrogens is 288 g/mol. The molecule has 1 unspecified atom stereocenters. The van der Waals surface area contributed by atoms with Crippen LogP contribution in [-0.4, -0.2) is 52.5 Å². The lowest BCUT2D eigenvalue weighted by Crippen LogP contribution is -2.50. The van der Waals surface area contributed by atoms with Crippen LogP contribution in [0.1, 0.15) is 29.6 Å². The largest absolute Gasteiger partial charge is 0.478 e. The summed E-state index contributed by atoms with van der Waals surface area (Å²) in [7, 11) is -4.15. The molecule has 1 fully saturated rings. The second-order valence-corrected chi connectivity index (χ2v) is 6.28. The smallest absolute Gasteiger partial charge is 0.340 e. The summed E-state index contributed by atoms with van der Waals surface area (Å²) in [5, 5.41) is 14.0. The number of amides is 1. The highest BCUT2D eigenvalue weighted by Gasteiger charge is 2.39. The molecule has 1 aliphatic rings. The van der Waals surface area contributed by atoms with Gasteiger partial charge in [-0.1, -0.05) is 6.42 Å². The van der Waals surface area contributed by atoms with Gasteiger partial charge < -0.3 is 10.8 Å². The SMILES string of the molecule is NC(=O)C1CCCCN1S(=O)(=O)c1[nH]ncc1C(=O)O. The van der Waals surface area contributed by atoms with Crippen LogP contribution in [0.3, 0.4) is 0 Å². The van der Waals surface area contributed by atoms with Crippen molar-refractivity contribution in [3.8, 4) is 0 Å². The molecule has 1 saturated heterocycles. The number of hydrogen-bond acceptors (Lipinski definition) is 5. The molecule has 4 N–H and O–H groups in total. The monoisotopic (exact) mass is 302 g/mol. The first kappa shape index (κ1) is 14.5. The number of aromatic nitrogens is 2. The molecule has 20 heavy (non-hydrogen) atoms. The standard InChI is InChI=1S/C10H14N4O5S/c11-8(15)7-3-1-2-4-14(7)20(18,19)9-6(10(16)17)5-12-13-9/h5,7H,1-4H2,(H2,11,15)(H,12,13)(H,16,17). The molecule has 1 amide bonds. The summed E-state index contributed by atoms with van der Waals surface area (Å²) in [4.78, 5) is 22.4. The van der Waals surface area contributed by atoms with E-state index in [9.17, 15) is 18.0 Å². The molecular formula is C10H14N4O5S. The fourth-order valence-corrected chi connectivity index (χ4v) is 3.95. The first-order chi connectivity index (χ1) is 9.35. The molecule has 0 aliphatic carbocycles. The number of carbonyl (C=O) groups is 2. The Morgan fingerprint density at radius 3 is 2.75 bits per heavy atom. The topological polar surface area (TPSA) is 146 Å². The number of aromatic amines is 1. The van der Waals surface area contributed by atoms with E-state index in [2.05, 4.69) is 10.2 Å². The fraction of sp³-hybridized carbons (Fsp3) is 0.500. The zero-order chi connectivity index (χ0) is 14.9. The molecule has 10 heteroatoms. The van der Waals surface area contributed by atoms with Gasteiger partial charge in [0.15, 0.2) is 5.03 Å². The summed E-state index contributed by atoms with van der Waals surface area (Å²) in [6.45, 7) is 0.119. The lowest BCUT2D eigenvalue weighted by Gasteiger charge is -2.32. The van der Waals surface area contributed by atoms with Crippen LogP contribution in [0, 0.1) is 0 Å². The van der Waals surface area contributed by atoms with Gasteiger partial charge in [0.1, 0.15) is 11.6 Å². The number of carbonyl (C=O) groups excluding carboxylic acids is 1. The van der Waals surface area contributed by atoms with Crippen molar-refractivity contribution in [1.82, 2.24) is 14.5 Å². The number of H-pyrrole nitrogens is 1. The summed E-state index contributed by atoms with van der Waals surface area (Å²) in [6, 6.07) is -0.960. The van der Waals surface area contributed by atoms with Crippen LogP contribution >= 0.6 is 0 Å². The first-order valence-corrected chi connectivity index (χ1v) is 7.37. The lowest BCUT2D eigenvalue weighted by molar-refractivity contribution is -0.122. The number of primary amides is 1. The van der Waals surface area contributed by atoms with Crippen LogP contribution in [-0.2, 0) is 14.8 Å². The number of nitrogens with zero attached hydrogens (tertiary/aromatic N) is 2. The predicted molar refractivity (Wildman–Crippen MR) is 66.3 cm³/mol. The van der Waals surface area contributed by atoms with Gasteiger partial charge >= 0.3 is 5.97 Å². The highest BCUT2D eigenvalue weighted by molar-refractivity contribution is 7.89. The predicted octanol–water partition coefficient (Wildman–Crippen LogP) is -0.864. The Kier molecular flexibility index (Phi) is 3.77. The number of aromatic carboxylic acids is 1. The summed E-state index contributed by atoms with van der Waals surface area (Å²) in [5.41, 5.74) is 4.76. The third kappa shape index (κ3) is 2.39. The Hall–Kier alpha value is -1.94. The van der Waals surface area contributed by atoms with Crippen LogP contribution < -0.4 is 5.73 Å². The maximum atomic E-state index is 12.5. The van der Waals surface area contributed by atoms with Gasteiger partial charge in [-0.15, -0.1) is 0 Å². The molecule has 0 saturated carbocycles. The highest BCUT2D eigenvalue weighted by atomic mass is 32.2. The molecule has 1 atom stereocenters. The average Bonchev–Trinajstić information content (AvgIpc) is 2.88. The third-order valence-electron chi connectivity index (χ3n) is 3.18. The molecule has 2 rings (SSSR count). The number of hydrogen-bond donors (Lipinski definition) is 3. The molecule has 0 spiro atoms. The van der Waals surface area contributed by atoms with Crippen molar-refractivity contribution in [3.63, 3.8) is 0 Å². The molecule has 0 bridgehead atoms. The minimum Gasteiger partial charge on any atom is -0.478 e. The van der Waals surface area contributed by atoms with E-state index in [4.69, 9.17) is 10.8 Å². The number of nitrogens with two attached hydrogens (primary N) is 1. The number of nitrogens with one attached hydrogen (secondary N) is 1. The van der Waals surface area contributed by atoms with Crippen LogP contribution in [0.2, 0.25) is 0 Å². The van der Waals surface area contributed by atoms with E-state index in [-0.39, 0.29) is 6.54 Å². The van der Waals surface area contributed by atoms with Crippen molar-refractivity contribution in [2.24, 2.45) is 5.73 Å². The number of piperidine rings is 1. The Morgan fingerprint density at radius 1 is 1.45 bits per heavy atom.